The van der Waals surface area contributed by atoms with Crippen molar-refractivity contribution in [3.05, 3.63) is 0 Å². The monoisotopic (exact) mass is 166 g/mol. The lowest BCUT2D eigenvalue weighted by atomic mass is 10.5. The van der Waals surface area contributed by atoms with E-state index >= 15 is 0 Å². The first-order valence-corrected chi connectivity index (χ1v) is 6.23. The largest absolute Gasteiger partial charge is 0.522 e. The summed E-state index contributed by atoms with van der Waals surface area (Å²) in [4.78, 5) is 10.6. The maximum absolute atomic E-state index is 10.6. The van der Waals surface area contributed by atoms with Crippen LogP contribution in [0.5, 0.6) is 0 Å². The van der Waals surface area contributed by atoms with Crippen LogP contribution in [0.25, 0.3) is 0 Å². The van der Waals surface area contributed by atoms with E-state index in [0.29, 0.717) is 12.3 Å². The molecule has 0 fully saturated rings. The van der Waals surface area contributed by atoms with E-state index in [9.17, 15) is 4.79 Å². The van der Waals surface area contributed by atoms with Crippen LogP contribution < -0.4 is 0 Å². The third kappa shape index (κ3) is 5.85. The summed E-state index contributed by atoms with van der Waals surface area (Å²) < 4.78 is 4.91. The number of rotatable bonds is 3. The van der Waals surface area contributed by atoms with Crippen molar-refractivity contribution in [2.24, 2.45) is 0 Å². The predicted octanol–water partition coefficient (Wildman–Crippen LogP) is 1.14. The Morgan fingerprint density at radius 3 is 2.56 bits per heavy atom. The number of alkyl halides is 1. The summed E-state index contributed by atoms with van der Waals surface area (Å²) >= 11 is 5.29. The minimum atomic E-state index is -1.17. The van der Waals surface area contributed by atoms with Gasteiger partial charge in [0.25, 0.3) is 5.97 Å². The molecule has 0 aliphatic rings. The lowest BCUT2D eigenvalue weighted by Crippen LogP contribution is -2.14. The van der Waals surface area contributed by atoms with Crippen LogP contribution in [0.2, 0.25) is 13.1 Å². The highest BCUT2D eigenvalue weighted by atomic mass is 35.5. The summed E-state index contributed by atoms with van der Waals surface area (Å²) in [6.45, 7) is 3.90. The zero-order valence-corrected chi connectivity index (χ0v) is 7.60. The van der Waals surface area contributed by atoms with Crippen LogP contribution in [-0.4, -0.2) is 20.9 Å². The summed E-state index contributed by atoms with van der Waals surface area (Å²) in [7, 11) is -1.17. The highest BCUT2D eigenvalue weighted by Gasteiger charge is 2.03. The molecule has 0 unspecified atom stereocenters. The zero-order chi connectivity index (χ0) is 7.28. The first kappa shape index (κ1) is 8.98. The van der Waals surface area contributed by atoms with Crippen LogP contribution in [0.15, 0.2) is 0 Å². The molecular weight excluding hydrogens is 156 g/mol. The summed E-state index contributed by atoms with van der Waals surface area (Å²) in [6.07, 6.45) is 0.340. The summed E-state index contributed by atoms with van der Waals surface area (Å²) in [5.74, 6) is 0.201. The van der Waals surface area contributed by atoms with E-state index < -0.39 is 9.04 Å². The maximum atomic E-state index is 10.6. The van der Waals surface area contributed by atoms with Crippen LogP contribution in [-0.2, 0) is 9.22 Å². The van der Waals surface area contributed by atoms with Crippen molar-refractivity contribution >= 4 is 26.6 Å². The molecule has 0 spiro atoms. The molecular formula is C5H11ClO2Si. The quantitative estimate of drug-likeness (QED) is 0.465. The molecule has 0 rings (SSSR count). The first-order valence-electron chi connectivity index (χ1n) is 2.92. The summed E-state index contributed by atoms with van der Waals surface area (Å²) in [5, 5.41) is 0. The molecule has 0 N–H and O–H groups in total. The molecule has 9 heavy (non-hydrogen) atoms. The van der Waals surface area contributed by atoms with Gasteiger partial charge in [-0.2, -0.15) is 0 Å². The van der Waals surface area contributed by atoms with Gasteiger partial charge in [0.05, 0.1) is 6.42 Å². The van der Waals surface area contributed by atoms with Gasteiger partial charge in [0.2, 0.25) is 9.04 Å². The molecule has 2 nitrogen and oxygen atoms in total. The van der Waals surface area contributed by atoms with Gasteiger partial charge in [-0.3, -0.25) is 4.79 Å². The van der Waals surface area contributed by atoms with Gasteiger partial charge >= 0.3 is 0 Å². The van der Waals surface area contributed by atoms with Crippen LogP contribution >= 0.6 is 11.6 Å². The van der Waals surface area contributed by atoms with Gasteiger partial charge < -0.3 is 4.43 Å². The highest BCUT2D eigenvalue weighted by Crippen LogP contribution is 1.91. The smallest absolute Gasteiger partial charge is 0.293 e. The average Bonchev–Trinajstić information content (AvgIpc) is 1.63. The lowest BCUT2D eigenvalue weighted by Gasteiger charge is -2.04. The molecule has 0 aliphatic heterocycles. The van der Waals surface area contributed by atoms with Gasteiger partial charge in [-0.25, -0.2) is 0 Å². The third-order valence-electron chi connectivity index (χ3n) is 0.666. The number of hydrogen-bond acceptors (Lipinski definition) is 2. The van der Waals surface area contributed by atoms with Crippen LogP contribution in [0, 0.1) is 0 Å². The Morgan fingerprint density at radius 1 is 1.67 bits per heavy atom. The third-order valence-corrected chi connectivity index (χ3v) is 1.59. The van der Waals surface area contributed by atoms with Gasteiger partial charge in [0, 0.05) is 5.88 Å². The second-order valence-corrected chi connectivity index (χ2v) is 4.69. The van der Waals surface area contributed by atoms with Crippen molar-refractivity contribution in [3.8, 4) is 0 Å². The Morgan fingerprint density at radius 2 is 2.22 bits per heavy atom. The Kier molecular flexibility index (Phi) is 4.81. The molecule has 0 aromatic heterocycles. The number of carbonyl (C=O) groups is 1. The van der Waals surface area contributed by atoms with Gasteiger partial charge in [-0.05, 0) is 13.1 Å². The Labute approximate surface area is 61.9 Å². The van der Waals surface area contributed by atoms with Crippen LogP contribution in [0.4, 0.5) is 0 Å². The highest BCUT2D eigenvalue weighted by molar-refractivity contribution is 6.50. The molecule has 0 bridgehead atoms. The second kappa shape index (κ2) is 4.82. The van der Waals surface area contributed by atoms with E-state index in [1.165, 1.54) is 0 Å². The topological polar surface area (TPSA) is 26.3 Å². The van der Waals surface area contributed by atoms with Crippen LogP contribution in [0.1, 0.15) is 6.42 Å². The Hall–Kier alpha value is -0.0231. The molecule has 0 atom stereocenters. The molecule has 54 valence electrons. The van der Waals surface area contributed by atoms with E-state index in [4.69, 9.17) is 16.0 Å². The zero-order valence-electron chi connectivity index (χ0n) is 5.69. The number of hydrogen-bond donors (Lipinski definition) is 0. The van der Waals surface area contributed by atoms with Crippen molar-refractivity contribution < 1.29 is 9.22 Å². The maximum Gasteiger partial charge on any atom is 0.293 e. The van der Waals surface area contributed by atoms with Crippen molar-refractivity contribution in [1.82, 2.24) is 0 Å². The molecule has 4 heteroatoms. The fourth-order valence-corrected chi connectivity index (χ4v) is 1.20. The van der Waals surface area contributed by atoms with E-state index in [-0.39, 0.29) is 5.97 Å². The second-order valence-electron chi connectivity index (χ2n) is 1.98. The van der Waals surface area contributed by atoms with Gasteiger partial charge in [0.15, 0.2) is 0 Å². The van der Waals surface area contributed by atoms with Gasteiger partial charge in [0.1, 0.15) is 0 Å². The van der Waals surface area contributed by atoms with Gasteiger partial charge in [-0.15, -0.1) is 11.6 Å². The molecule has 0 saturated carbocycles. The summed E-state index contributed by atoms with van der Waals surface area (Å²) in [5.41, 5.74) is 0. The fraction of sp³-hybridized carbons (Fsp3) is 0.800. The summed E-state index contributed by atoms with van der Waals surface area (Å²) in [6, 6.07) is 0. The minimum absolute atomic E-state index is 0.160. The fourth-order valence-electron chi connectivity index (χ4n) is 0.399. The Balaban J connectivity index is 3.27. The minimum Gasteiger partial charge on any atom is -0.522 e. The van der Waals surface area contributed by atoms with E-state index in [0.717, 1.165) is 0 Å². The molecule has 0 saturated heterocycles. The van der Waals surface area contributed by atoms with Crippen molar-refractivity contribution in [1.29, 1.82) is 0 Å². The van der Waals surface area contributed by atoms with E-state index in [2.05, 4.69) is 0 Å². The molecule has 0 aromatic carbocycles. The average molecular weight is 167 g/mol. The molecule has 0 radical (unpaired) electrons. The first-order chi connectivity index (χ1) is 4.16. The number of carbonyl (C=O) groups excluding carboxylic acids is 1. The molecule has 0 heterocycles. The molecule has 0 aliphatic carbocycles. The van der Waals surface area contributed by atoms with Crippen molar-refractivity contribution in [2.45, 2.75) is 19.5 Å². The predicted molar refractivity (Wildman–Crippen MR) is 40.3 cm³/mol. The van der Waals surface area contributed by atoms with Crippen molar-refractivity contribution in [3.63, 3.8) is 0 Å². The lowest BCUT2D eigenvalue weighted by molar-refractivity contribution is -0.134. The Bertz CT molecular complexity index is 95.0. The van der Waals surface area contributed by atoms with Crippen molar-refractivity contribution in [2.75, 3.05) is 5.88 Å². The normalized spacial score (nSPS) is 9.78. The van der Waals surface area contributed by atoms with Gasteiger partial charge in [-0.1, -0.05) is 0 Å². The molecule has 0 amide bonds. The van der Waals surface area contributed by atoms with E-state index in [1.807, 2.05) is 13.1 Å². The SMILES string of the molecule is C[SiH](C)OC(=O)CCCl. The standard InChI is InChI=1S/C5H11ClO2Si/c1-9(2)8-5(7)3-4-6/h9H,3-4H2,1-2H3. The molecule has 0 aromatic rings. The van der Waals surface area contributed by atoms with E-state index in [1.54, 1.807) is 0 Å². The van der Waals surface area contributed by atoms with Crippen LogP contribution in [0.3, 0.4) is 0 Å². The number of halogens is 1.